The maximum Gasteiger partial charge on any atom is 0.269 e. The molecule has 0 aliphatic carbocycles. The molecule has 6 heteroatoms. The van der Waals surface area contributed by atoms with Crippen LogP contribution in [0.1, 0.15) is 25.5 Å². The zero-order valence-corrected chi connectivity index (χ0v) is 14.6. The Morgan fingerprint density at radius 2 is 1.85 bits per heavy atom. The van der Waals surface area contributed by atoms with Crippen LogP contribution >= 0.6 is 0 Å². The number of para-hydroxylation sites is 2. The van der Waals surface area contributed by atoms with Crippen LogP contribution in [-0.2, 0) is 11.3 Å². The van der Waals surface area contributed by atoms with Crippen molar-refractivity contribution >= 4 is 16.9 Å². The number of carbonyl (C=O) groups excluding carboxylic acids is 1. The zero-order chi connectivity index (χ0) is 18.7. The van der Waals surface area contributed by atoms with Crippen molar-refractivity contribution in [2.45, 2.75) is 26.4 Å². The Balaban J connectivity index is 1.85. The molecule has 5 nitrogen and oxygen atoms in total. The normalized spacial score (nSPS) is 12.3. The fourth-order valence-corrected chi connectivity index (χ4v) is 2.95. The van der Waals surface area contributed by atoms with Gasteiger partial charge in [0.2, 0.25) is 5.91 Å². The maximum atomic E-state index is 13.2. The molecule has 0 aliphatic rings. The van der Waals surface area contributed by atoms with Gasteiger partial charge in [0.15, 0.2) is 0 Å². The average Bonchev–Trinajstić information content (AvgIpc) is 2.63. The average molecular weight is 353 g/mol. The van der Waals surface area contributed by atoms with Gasteiger partial charge in [-0.3, -0.25) is 14.2 Å². The molecular formula is C20H20FN3O2. The monoisotopic (exact) mass is 353 g/mol. The van der Waals surface area contributed by atoms with Crippen LogP contribution in [0.4, 0.5) is 4.39 Å². The fourth-order valence-electron chi connectivity index (χ4n) is 2.95. The summed E-state index contributed by atoms with van der Waals surface area (Å²) in [5.41, 5.74) is 1.75. The van der Waals surface area contributed by atoms with Gasteiger partial charge in [-0.15, -0.1) is 0 Å². The predicted octanol–water partition coefficient (Wildman–Crippen LogP) is 3.05. The lowest BCUT2D eigenvalue weighted by Gasteiger charge is -2.23. The Hall–Kier alpha value is -3.02. The molecule has 0 spiro atoms. The van der Waals surface area contributed by atoms with Crippen molar-refractivity contribution in [2.75, 3.05) is 0 Å². The number of carbonyl (C=O) groups is 1. The minimum atomic E-state index is -0.332. The van der Waals surface area contributed by atoms with Crippen LogP contribution < -0.4 is 10.9 Å². The standard InChI is InChI=1S/C20H20FN3O2/c1-13(2)20(14-7-9-15(21)10-8-14)23-18(25)12-24-17-6-4-3-5-16(17)22-11-19(24)26/h3-11,13,20H,12H2,1-2H3,(H,23,25). The highest BCUT2D eigenvalue weighted by Gasteiger charge is 2.19. The molecule has 0 bridgehead atoms. The summed E-state index contributed by atoms with van der Waals surface area (Å²) in [6.07, 6.45) is 1.22. The van der Waals surface area contributed by atoms with Gasteiger partial charge < -0.3 is 5.32 Å². The largest absolute Gasteiger partial charge is 0.347 e. The molecule has 1 N–H and O–H groups in total. The summed E-state index contributed by atoms with van der Waals surface area (Å²) in [4.78, 5) is 28.9. The molecule has 1 atom stereocenters. The smallest absolute Gasteiger partial charge is 0.269 e. The Morgan fingerprint density at radius 3 is 2.54 bits per heavy atom. The second-order valence-electron chi connectivity index (χ2n) is 6.51. The first-order chi connectivity index (χ1) is 12.5. The number of hydrogen-bond acceptors (Lipinski definition) is 3. The van der Waals surface area contributed by atoms with E-state index in [9.17, 15) is 14.0 Å². The van der Waals surface area contributed by atoms with Gasteiger partial charge in [0, 0.05) is 0 Å². The highest BCUT2D eigenvalue weighted by Crippen LogP contribution is 2.22. The number of rotatable bonds is 5. The molecule has 26 heavy (non-hydrogen) atoms. The second kappa shape index (κ2) is 7.47. The third-order valence-electron chi connectivity index (χ3n) is 4.27. The van der Waals surface area contributed by atoms with Crippen molar-refractivity contribution < 1.29 is 9.18 Å². The number of hydrogen-bond donors (Lipinski definition) is 1. The molecule has 134 valence electrons. The van der Waals surface area contributed by atoms with Gasteiger partial charge in [0.05, 0.1) is 23.3 Å². The molecule has 1 aromatic heterocycles. The summed E-state index contributed by atoms with van der Waals surface area (Å²) in [7, 11) is 0. The molecule has 0 radical (unpaired) electrons. The lowest BCUT2D eigenvalue weighted by atomic mass is 9.96. The van der Waals surface area contributed by atoms with E-state index in [-0.39, 0.29) is 35.8 Å². The van der Waals surface area contributed by atoms with Crippen LogP contribution in [0, 0.1) is 11.7 Å². The van der Waals surface area contributed by atoms with E-state index >= 15 is 0 Å². The van der Waals surface area contributed by atoms with E-state index in [0.717, 1.165) is 5.56 Å². The minimum absolute atomic E-state index is 0.105. The summed E-state index contributed by atoms with van der Waals surface area (Å²) >= 11 is 0. The Kier molecular flexibility index (Phi) is 5.11. The number of fused-ring (bicyclic) bond motifs is 1. The molecule has 2 aromatic carbocycles. The number of nitrogens with zero attached hydrogens (tertiary/aromatic N) is 2. The molecule has 3 aromatic rings. The van der Waals surface area contributed by atoms with E-state index in [1.807, 2.05) is 19.9 Å². The van der Waals surface area contributed by atoms with Gasteiger partial charge >= 0.3 is 0 Å². The SMILES string of the molecule is CC(C)C(NC(=O)Cn1c(=O)cnc2ccccc21)c1ccc(F)cc1. The lowest BCUT2D eigenvalue weighted by molar-refractivity contribution is -0.122. The third kappa shape index (κ3) is 3.79. The number of amides is 1. The topological polar surface area (TPSA) is 64.0 Å². The maximum absolute atomic E-state index is 13.2. The van der Waals surface area contributed by atoms with Gasteiger partial charge in [-0.25, -0.2) is 9.37 Å². The van der Waals surface area contributed by atoms with Crippen molar-refractivity contribution in [1.29, 1.82) is 0 Å². The molecule has 1 amide bonds. The van der Waals surface area contributed by atoms with Crippen molar-refractivity contribution in [3.8, 4) is 0 Å². The van der Waals surface area contributed by atoms with Crippen LogP contribution in [0.5, 0.6) is 0 Å². The number of nitrogens with one attached hydrogen (secondary N) is 1. The van der Waals surface area contributed by atoms with E-state index < -0.39 is 0 Å². The number of benzene rings is 2. The van der Waals surface area contributed by atoms with Crippen LogP contribution in [-0.4, -0.2) is 15.5 Å². The van der Waals surface area contributed by atoms with Crippen molar-refractivity contribution in [3.63, 3.8) is 0 Å². The molecule has 1 heterocycles. The van der Waals surface area contributed by atoms with Gasteiger partial charge in [-0.1, -0.05) is 38.1 Å². The molecule has 0 aliphatic heterocycles. The second-order valence-corrected chi connectivity index (χ2v) is 6.51. The van der Waals surface area contributed by atoms with Gasteiger partial charge in [-0.2, -0.15) is 0 Å². The van der Waals surface area contributed by atoms with Crippen molar-refractivity contribution in [3.05, 3.63) is 76.5 Å². The quantitative estimate of drug-likeness (QED) is 0.767. The van der Waals surface area contributed by atoms with Crippen molar-refractivity contribution in [1.82, 2.24) is 14.9 Å². The highest BCUT2D eigenvalue weighted by molar-refractivity contribution is 5.80. The molecule has 3 rings (SSSR count). The Labute approximate surface area is 150 Å². The van der Waals surface area contributed by atoms with Crippen LogP contribution in [0.3, 0.4) is 0 Å². The van der Waals surface area contributed by atoms with E-state index in [4.69, 9.17) is 0 Å². The Bertz CT molecular complexity index is 980. The predicted molar refractivity (Wildman–Crippen MR) is 98.1 cm³/mol. The fraction of sp³-hybridized carbons (Fsp3) is 0.250. The van der Waals surface area contributed by atoms with Crippen LogP contribution in [0.25, 0.3) is 11.0 Å². The first kappa shape index (κ1) is 17.8. The van der Waals surface area contributed by atoms with Gasteiger partial charge in [0.1, 0.15) is 12.4 Å². The summed E-state index contributed by atoms with van der Waals surface area (Å²) in [6, 6.07) is 13.0. The van der Waals surface area contributed by atoms with Gasteiger partial charge in [-0.05, 0) is 35.7 Å². The third-order valence-corrected chi connectivity index (χ3v) is 4.27. The minimum Gasteiger partial charge on any atom is -0.347 e. The molecule has 0 saturated heterocycles. The molecule has 1 unspecified atom stereocenters. The molecule has 0 fully saturated rings. The van der Waals surface area contributed by atoms with Gasteiger partial charge in [0.25, 0.3) is 5.56 Å². The highest BCUT2D eigenvalue weighted by atomic mass is 19.1. The lowest BCUT2D eigenvalue weighted by Crippen LogP contribution is -2.36. The zero-order valence-electron chi connectivity index (χ0n) is 14.6. The van der Waals surface area contributed by atoms with E-state index in [2.05, 4.69) is 10.3 Å². The van der Waals surface area contributed by atoms with E-state index in [1.54, 1.807) is 30.3 Å². The number of aromatic nitrogens is 2. The summed E-state index contributed by atoms with van der Waals surface area (Å²) in [6.45, 7) is 3.84. The van der Waals surface area contributed by atoms with Crippen molar-refractivity contribution in [2.24, 2.45) is 5.92 Å². The summed E-state index contributed by atoms with van der Waals surface area (Å²) < 4.78 is 14.6. The summed E-state index contributed by atoms with van der Waals surface area (Å²) in [5.74, 6) is -0.501. The molecule has 0 saturated carbocycles. The summed E-state index contributed by atoms with van der Waals surface area (Å²) in [5, 5.41) is 2.95. The first-order valence-corrected chi connectivity index (χ1v) is 8.45. The van der Waals surface area contributed by atoms with Crippen LogP contribution in [0.15, 0.2) is 59.5 Å². The Morgan fingerprint density at radius 1 is 1.15 bits per heavy atom. The van der Waals surface area contributed by atoms with E-state index in [0.29, 0.717) is 11.0 Å². The van der Waals surface area contributed by atoms with Crippen LogP contribution in [0.2, 0.25) is 0 Å². The first-order valence-electron chi connectivity index (χ1n) is 8.45. The number of halogens is 1. The molecular weight excluding hydrogens is 333 g/mol. The van der Waals surface area contributed by atoms with E-state index in [1.165, 1.54) is 22.9 Å².